The molecule has 0 atom stereocenters. The third-order valence-electron chi connectivity index (χ3n) is 2.90. The first-order valence-corrected chi connectivity index (χ1v) is 7.34. The van der Waals surface area contributed by atoms with Crippen LogP contribution in [-0.2, 0) is 13.1 Å². The normalized spacial score (nSPS) is 11.6. The third kappa shape index (κ3) is 5.95. The molecular weight excluding hydrogens is 264 g/mol. The van der Waals surface area contributed by atoms with E-state index in [0.717, 1.165) is 24.5 Å². The minimum atomic E-state index is 0.0784. The van der Waals surface area contributed by atoms with Crippen LogP contribution in [0.1, 0.15) is 33.0 Å². The molecule has 0 bridgehead atoms. The topological polar surface area (TPSA) is 52.0 Å². The number of hydrogen-bond donors (Lipinski definition) is 1. The van der Waals surface area contributed by atoms with E-state index in [1.54, 1.807) is 6.33 Å². The highest BCUT2D eigenvalue weighted by atomic mass is 16.5. The zero-order chi connectivity index (χ0) is 15.1. The van der Waals surface area contributed by atoms with Crippen LogP contribution in [0, 0.1) is 0 Å². The number of rotatable bonds is 7. The molecular formula is C16H24N4O. The van der Waals surface area contributed by atoms with E-state index in [9.17, 15) is 0 Å². The average Bonchev–Trinajstić information content (AvgIpc) is 2.90. The van der Waals surface area contributed by atoms with E-state index >= 15 is 0 Å². The molecule has 0 fully saturated rings. The van der Waals surface area contributed by atoms with Gasteiger partial charge in [0.1, 0.15) is 12.1 Å². The Kier molecular flexibility index (Phi) is 5.33. The van der Waals surface area contributed by atoms with Gasteiger partial charge in [0, 0.05) is 18.5 Å². The quantitative estimate of drug-likeness (QED) is 0.796. The fraction of sp³-hybridized carbons (Fsp3) is 0.500. The second kappa shape index (κ2) is 7.22. The Hall–Kier alpha value is -1.88. The van der Waals surface area contributed by atoms with E-state index in [1.165, 1.54) is 0 Å². The van der Waals surface area contributed by atoms with Crippen molar-refractivity contribution in [1.82, 2.24) is 20.1 Å². The SMILES string of the molecule is CC(C)(C)NCc1ncn(CCCOc2ccccc2)n1. The fourth-order valence-corrected chi connectivity index (χ4v) is 1.80. The molecule has 0 amide bonds. The second-order valence-corrected chi connectivity index (χ2v) is 6.04. The molecule has 0 saturated heterocycles. The zero-order valence-electron chi connectivity index (χ0n) is 13.0. The van der Waals surface area contributed by atoms with Crippen molar-refractivity contribution in [2.24, 2.45) is 0 Å². The fourth-order valence-electron chi connectivity index (χ4n) is 1.80. The number of benzene rings is 1. The van der Waals surface area contributed by atoms with Crippen LogP contribution >= 0.6 is 0 Å². The van der Waals surface area contributed by atoms with Gasteiger partial charge in [-0.05, 0) is 32.9 Å². The molecule has 114 valence electrons. The molecule has 5 nitrogen and oxygen atoms in total. The summed E-state index contributed by atoms with van der Waals surface area (Å²) >= 11 is 0. The molecule has 1 aromatic heterocycles. The highest BCUT2D eigenvalue weighted by Crippen LogP contribution is 2.08. The van der Waals surface area contributed by atoms with E-state index in [4.69, 9.17) is 4.74 Å². The third-order valence-corrected chi connectivity index (χ3v) is 2.90. The summed E-state index contributed by atoms with van der Waals surface area (Å²) < 4.78 is 7.52. The van der Waals surface area contributed by atoms with Gasteiger partial charge in [-0.1, -0.05) is 18.2 Å². The molecule has 0 aliphatic heterocycles. The van der Waals surface area contributed by atoms with Gasteiger partial charge in [0.15, 0.2) is 5.82 Å². The van der Waals surface area contributed by atoms with Gasteiger partial charge < -0.3 is 10.1 Å². The molecule has 0 saturated carbocycles. The van der Waals surface area contributed by atoms with E-state index in [1.807, 2.05) is 35.0 Å². The lowest BCUT2D eigenvalue weighted by Crippen LogP contribution is -2.35. The molecule has 1 aromatic carbocycles. The van der Waals surface area contributed by atoms with E-state index in [2.05, 4.69) is 36.2 Å². The molecule has 0 radical (unpaired) electrons. The van der Waals surface area contributed by atoms with Gasteiger partial charge in [-0.3, -0.25) is 4.68 Å². The van der Waals surface area contributed by atoms with E-state index in [-0.39, 0.29) is 5.54 Å². The lowest BCUT2D eigenvalue weighted by atomic mass is 10.1. The largest absolute Gasteiger partial charge is 0.494 e. The van der Waals surface area contributed by atoms with Gasteiger partial charge in [0.25, 0.3) is 0 Å². The Morgan fingerprint density at radius 2 is 1.95 bits per heavy atom. The van der Waals surface area contributed by atoms with Crippen LogP contribution < -0.4 is 10.1 Å². The predicted octanol–water partition coefficient (Wildman–Crippen LogP) is 2.64. The van der Waals surface area contributed by atoms with Crippen molar-refractivity contribution in [3.05, 3.63) is 42.5 Å². The number of hydrogen-bond acceptors (Lipinski definition) is 4. The Bertz CT molecular complexity index is 531. The maximum Gasteiger partial charge on any atom is 0.164 e. The standard InChI is InChI=1S/C16H24N4O/c1-16(2,3)18-12-15-17-13-20(19-15)10-7-11-21-14-8-5-4-6-9-14/h4-6,8-9,13,18H,7,10-12H2,1-3H3. The minimum absolute atomic E-state index is 0.0784. The first-order valence-electron chi connectivity index (χ1n) is 7.34. The summed E-state index contributed by atoms with van der Waals surface area (Å²) in [6.07, 6.45) is 2.69. The molecule has 0 aliphatic rings. The van der Waals surface area contributed by atoms with Crippen LogP contribution in [0.15, 0.2) is 36.7 Å². The van der Waals surface area contributed by atoms with Gasteiger partial charge in [-0.25, -0.2) is 4.98 Å². The second-order valence-electron chi connectivity index (χ2n) is 6.04. The first-order chi connectivity index (χ1) is 10.0. The van der Waals surface area contributed by atoms with Crippen LogP contribution in [0.3, 0.4) is 0 Å². The Labute approximate surface area is 126 Å². The van der Waals surface area contributed by atoms with Crippen LogP contribution in [0.4, 0.5) is 0 Å². The zero-order valence-corrected chi connectivity index (χ0v) is 13.0. The van der Waals surface area contributed by atoms with Crippen molar-refractivity contribution in [2.45, 2.75) is 45.8 Å². The van der Waals surface area contributed by atoms with Gasteiger partial charge in [-0.15, -0.1) is 0 Å². The molecule has 0 spiro atoms. The van der Waals surface area contributed by atoms with Gasteiger partial charge >= 0.3 is 0 Å². The minimum Gasteiger partial charge on any atom is -0.494 e. The summed E-state index contributed by atoms with van der Waals surface area (Å²) in [6.45, 7) is 8.58. The van der Waals surface area contributed by atoms with Crippen LogP contribution in [0.25, 0.3) is 0 Å². The van der Waals surface area contributed by atoms with E-state index < -0.39 is 0 Å². The Morgan fingerprint density at radius 3 is 2.67 bits per heavy atom. The average molecular weight is 288 g/mol. The van der Waals surface area contributed by atoms with Crippen molar-refractivity contribution < 1.29 is 4.74 Å². The van der Waals surface area contributed by atoms with Crippen LogP contribution in [0.5, 0.6) is 5.75 Å². The lowest BCUT2D eigenvalue weighted by Gasteiger charge is -2.19. The first kappa shape index (κ1) is 15.5. The van der Waals surface area contributed by atoms with Crippen LogP contribution in [-0.4, -0.2) is 26.9 Å². The molecule has 2 aromatic rings. The van der Waals surface area contributed by atoms with Crippen LogP contribution in [0.2, 0.25) is 0 Å². The molecule has 0 aliphatic carbocycles. The van der Waals surface area contributed by atoms with E-state index in [0.29, 0.717) is 13.2 Å². The number of aromatic nitrogens is 3. The summed E-state index contributed by atoms with van der Waals surface area (Å²) in [4.78, 5) is 4.30. The van der Waals surface area contributed by atoms with Crippen molar-refractivity contribution in [3.8, 4) is 5.75 Å². The smallest absolute Gasteiger partial charge is 0.164 e. The Morgan fingerprint density at radius 1 is 1.19 bits per heavy atom. The summed E-state index contributed by atoms with van der Waals surface area (Å²) in [5.74, 6) is 1.74. The van der Waals surface area contributed by atoms with Crippen molar-refractivity contribution in [1.29, 1.82) is 0 Å². The van der Waals surface area contributed by atoms with Gasteiger partial charge in [-0.2, -0.15) is 5.10 Å². The molecule has 1 N–H and O–H groups in total. The number of para-hydroxylation sites is 1. The highest BCUT2D eigenvalue weighted by molar-refractivity contribution is 5.20. The van der Waals surface area contributed by atoms with Crippen molar-refractivity contribution in [2.75, 3.05) is 6.61 Å². The monoisotopic (exact) mass is 288 g/mol. The molecule has 1 heterocycles. The van der Waals surface area contributed by atoms with Crippen molar-refractivity contribution >= 4 is 0 Å². The molecule has 21 heavy (non-hydrogen) atoms. The number of ether oxygens (including phenoxy) is 1. The summed E-state index contributed by atoms with van der Waals surface area (Å²) in [6, 6.07) is 9.86. The molecule has 5 heteroatoms. The van der Waals surface area contributed by atoms with Crippen molar-refractivity contribution in [3.63, 3.8) is 0 Å². The summed E-state index contributed by atoms with van der Waals surface area (Å²) in [5.41, 5.74) is 0.0784. The highest BCUT2D eigenvalue weighted by Gasteiger charge is 2.10. The molecule has 0 unspecified atom stereocenters. The number of aryl methyl sites for hydroxylation is 1. The Balaban J connectivity index is 1.68. The number of nitrogens with zero attached hydrogens (tertiary/aromatic N) is 3. The molecule has 2 rings (SSSR count). The summed E-state index contributed by atoms with van der Waals surface area (Å²) in [7, 11) is 0. The van der Waals surface area contributed by atoms with Gasteiger partial charge in [0.2, 0.25) is 0 Å². The summed E-state index contributed by atoms with van der Waals surface area (Å²) in [5, 5.41) is 7.82. The predicted molar refractivity (Wildman–Crippen MR) is 83.2 cm³/mol. The lowest BCUT2D eigenvalue weighted by molar-refractivity contribution is 0.298. The number of nitrogens with one attached hydrogen (secondary N) is 1. The maximum atomic E-state index is 5.65. The maximum absolute atomic E-state index is 5.65. The van der Waals surface area contributed by atoms with Gasteiger partial charge in [0.05, 0.1) is 13.2 Å².